The average molecular weight is 706 g/mol. The van der Waals surface area contributed by atoms with Gasteiger partial charge in [-0.15, -0.1) is 0 Å². The van der Waals surface area contributed by atoms with Crippen LogP contribution >= 0.6 is 11.6 Å². The molecule has 262 valence electrons. The van der Waals surface area contributed by atoms with E-state index < -0.39 is 29.7 Å². The second kappa shape index (κ2) is 19.8. The predicted molar refractivity (Wildman–Crippen MR) is 174 cm³/mol. The minimum absolute atomic E-state index is 0.00161. The maximum atomic E-state index is 14.4. The molecule has 49 heavy (non-hydrogen) atoms. The molecule has 4 rings (SSSR count). The SMILES string of the molecule is CNC(=O)CN1CCC(Oc2cc3c(Nc4cccc(Cl)c4F)ncnc3cc2OC)CC1.O=C(O)/C=C/C(=O)O.O=C(O)/C=C/C(=O)O. The Morgan fingerprint density at radius 3 is 2.02 bits per heavy atom. The molecule has 0 spiro atoms. The zero-order chi connectivity index (χ0) is 36.5. The number of halogens is 2. The summed E-state index contributed by atoms with van der Waals surface area (Å²) in [6.45, 7) is 1.91. The van der Waals surface area contributed by atoms with Crippen molar-refractivity contribution in [3.8, 4) is 11.5 Å². The lowest BCUT2D eigenvalue weighted by Crippen LogP contribution is -2.43. The molecule has 3 aromatic rings. The van der Waals surface area contributed by atoms with Crippen LogP contribution in [-0.4, -0.2) is 105 Å². The van der Waals surface area contributed by atoms with E-state index in [9.17, 15) is 28.4 Å². The summed E-state index contributed by atoms with van der Waals surface area (Å²) in [5.41, 5.74) is 0.837. The van der Waals surface area contributed by atoms with Gasteiger partial charge in [0.05, 0.1) is 29.9 Å². The van der Waals surface area contributed by atoms with Gasteiger partial charge in [0, 0.05) is 55.9 Å². The van der Waals surface area contributed by atoms with Crippen molar-refractivity contribution in [2.24, 2.45) is 0 Å². The standard InChI is InChI=1S/C23H25ClFN5O3.2C4H4O4/c1-26-21(31)12-30-8-6-14(7-9-30)33-20-10-15-18(11-19(20)32-2)27-13-28-23(15)29-17-5-3-4-16(24)22(17)25;2*5-3(6)1-2-4(7)8/h3-5,10-11,13-14H,6-9,12H2,1-2H3,(H,26,31)(H,27,28,29);2*1-2H,(H,5,6)(H,7,8)/b;2*2-1+. The van der Waals surface area contributed by atoms with Crippen molar-refractivity contribution in [1.82, 2.24) is 20.2 Å². The number of hydrogen-bond donors (Lipinski definition) is 6. The number of likely N-dealkylation sites (tertiary alicyclic amines) is 1. The van der Waals surface area contributed by atoms with Crippen molar-refractivity contribution in [3.05, 3.63) is 71.8 Å². The molecule has 6 N–H and O–H groups in total. The Balaban J connectivity index is 0.000000432. The number of likely N-dealkylation sites (N-methyl/N-ethyl adjacent to an activating group) is 1. The predicted octanol–water partition coefficient (Wildman–Crippen LogP) is 3.19. The lowest BCUT2D eigenvalue weighted by atomic mass is 10.1. The van der Waals surface area contributed by atoms with Crippen molar-refractivity contribution in [2.45, 2.75) is 18.9 Å². The second-order valence-corrected chi connectivity index (χ2v) is 10.2. The molecule has 0 atom stereocenters. The maximum absolute atomic E-state index is 14.4. The first-order valence-electron chi connectivity index (χ1n) is 14.1. The molecule has 0 unspecified atom stereocenters. The van der Waals surface area contributed by atoms with E-state index in [1.165, 1.54) is 12.4 Å². The van der Waals surface area contributed by atoms with Crippen LogP contribution in [0.15, 0.2) is 61.0 Å². The first-order valence-corrected chi connectivity index (χ1v) is 14.5. The van der Waals surface area contributed by atoms with E-state index in [-0.39, 0.29) is 22.7 Å². The molecular formula is C31H33ClFN5O11. The molecule has 1 saturated heterocycles. The largest absolute Gasteiger partial charge is 0.493 e. The Hall–Kier alpha value is -5.81. The number of carbonyl (C=O) groups is 5. The van der Waals surface area contributed by atoms with E-state index >= 15 is 0 Å². The Morgan fingerprint density at radius 1 is 0.939 bits per heavy atom. The summed E-state index contributed by atoms with van der Waals surface area (Å²) >= 11 is 5.91. The quantitative estimate of drug-likeness (QED) is 0.157. The van der Waals surface area contributed by atoms with Crippen molar-refractivity contribution < 1.29 is 58.3 Å². The molecule has 0 aliphatic carbocycles. The molecule has 1 aliphatic heterocycles. The number of benzene rings is 2. The monoisotopic (exact) mass is 705 g/mol. The Morgan fingerprint density at radius 2 is 1.51 bits per heavy atom. The molecule has 2 aromatic carbocycles. The zero-order valence-electron chi connectivity index (χ0n) is 26.1. The molecule has 1 amide bonds. The van der Waals surface area contributed by atoms with Crippen LogP contribution in [0.2, 0.25) is 5.02 Å². The third-order valence-corrected chi connectivity index (χ3v) is 6.63. The van der Waals surface area contributed by atoms with Gasteiger partial charge in [-0.2, -0.15) is 0 Å². The summed E-state index contributed by atoms with van der Waals surface area (Å²) in [6, 6.07) is 8.30. The highest BCUT2D eigenvalue weighted by Crippen LogP contribution is 2.36. The van der Waals surface area contributed by atoms with Gasteiger partial charge in [-0.25, -0.2) is 33.5 Å². The number of nitrogens with zero attached hydrogens (tertiary/aromatic N) is 3. The van der Waals surface area contributed by atoms with Crippen LogP contribution < -0.4 is 20.1 Å². The summed E-state index contributed by atoms with van der Waals surface area (Å²) < 4.78 is 26.2. The van der Waals surface area contributed by atoms with Gasteiger partial charge < -0.3 is 40.5 Å². The van der Waals surface area contributed by atoms with Crippen LogP contribution in [-0.2, 0) is 24.0 Å². The Bertz CT molecular complexity index is 1650. The van der Waals surface area contributed by atoms with Crippen LogP contribution in [0.5, 0.6) is 11.5 Å². The molecule has 0 saturated carbocycles. The molecule has 18 heteroatoms. The van der Waals surface area contributed by atoms with Crippen LogP contribution in [0, 0.1) is 5.82 Å². The minimum Gasteiger partial charge on any atom is -0.493 e. The number of aromatic nitrogens is 2. The van der Waals surface area contributed by atoms with Gasteiger partial charge in [0.2, 0.25) is 5.91 Å². The van der Waals surface area contributed by atoms with Crippen molar-refractivity contribution in [2.75, 3.05) is 39.1 Å². The molecule has 2 heterocycles. The average Bonchev–Trinajstić information content (AvgIpc) is 3.06. The highest BCUT2D eigenvalue weighted by Gasteiger charge is 2.23. The van der Waals surface area contributed by atoms with Crippen LogP contribution in [0.4, 0.5) is 15.9 Å². The number of carboxylic acids is 4. The fourth-order valence-corrected chi connectivity index (χ4v) is 4.25. The topological polar surface area (TPSA) is 238 Å². The van der Waals surface area contributed by atoms with Crippen LogP contribution in [0.25, 0.3) is 10.9 Å². The number of piperidine rings is 1. The third-order valence-electron chi connectivity index (χ3n) is 6.34. The fraction of sp³-hybridized carbons (Fsp3) is 0.258. The summed E-state index contributed by atoms with van der Waals surface area (Å²) in [7, 11) is 3.21. The summed E-state index contributed by atoms with van der Waals surface area (Å²) in [6.07, 6.45) is 5.17. The normalized spacial score (nSPS) is 13.1. The zero-order valence-corrected chi connectivity index (χ0v) is 26.9. The smallest absolute Gasteiger partial charge is 0.328 e. The number of anilines is 2. The first kappa shape index (κ1) is 39.4. The summed E-state index contributed by atoms with van der Waals surface area (Å²) in [4.78, 5) is 60.5. The number of hydrogen-bond acceptors (Lipinski definition) is 11. The Kier molecular flexibility index (Phi) is 15.9. The molecule has 1 aromatic heterocycles. The van der Waals surface area contributed by atoms with Crippen molar-refractivity contribution in [3.63, 3.8) is 0 Å². The lowest BCUT2D eigenvalue weighted by molar-refractivity contribution is -0.134. The van der Waals surface area contributed by atoms with Crippen molar-refractivity contribution in [1.29, 1.82) is 0 Å². The number of amides is 1. The molecule has 0 radical (unpaired) electrons. The number of carbonyl (C=O) groups excluding carboxylic acids is 1. The number of methoxy groups -OCH3 is 1. The molecule has 1 fully saturated rings. The van der Waals surface area contributed by atoms with Gasteiger partial charge in [-0.05, 0) is 31.0 Å². The van der Waals surface area contributed by atoms with E-state index in [1.807, 2.05) is 0 Å². The van der Waals surface area contributed by atoms with Gasteiger partial charge in [0.15, 0.2) is 17.3 Å². The van der Waals surface area contributed by atoms with E-state index in [4.69, 9.17) is 41.5 Å². The van der Waals surface area contributed by atoms with E-state index in [0.717, 1.165) is 25.9 Å². The van der Waals surface area contributed by atoms with Gasteiger partial charge in [0.25, 0.3) is 0 Å². The molecule has 16 nitrogen and oxygen atoms in total. The number of aliphatic carboxylic acids is 4. The fourth-order valence-electron chi connectivity index (χ4n) is 4.08. The van der Waals surface area contributed by atoms with E-state index in [1.54, 1.807) is 38.4 Å². The number of ether oxygens (including phenoxy) is 2. The lowest BCUT2D eigenvalue weighted by Gasteiger charge is -2.31. The Labute approximate surface area is 283 Å². The third kappa shape index (κ3) is 13.8. The van der Waals surface area contributed by atoms with Crippen LogP contribution in [0.1, 0.15) is 12.8 Å². The first-order chi connectivity index (χ1) is 23.2. The highest BCUT2D eigenvalue weighted by molar-refractivity contribution is 6.31. The van der Waals surface area contributed by atoms with Crippen LogP contribution in [0.3, 0.4) is 0 Å². The molecule has 1 aliphatic rings. The number of carboxylic acid groups (broad SMARTS) is 4. The van der Waals surface area contributed by atoms with Gasteiger partial charge in [0.1, 0.15) is 18.2 Å². The minimum atomic E-state index is -1.26. The highest BCUT2D eigenvalue weighted by atomic mass is 35.5. The maximum Gasteiger partial charge on any atom is 0.328 e. The number of rotatable bonds is 11. The van der Waals surface area contributed by atoms with Gasteiger partial charge in [-0.1, -0.05) is 17.7 Å². The van der Waals surface area contributed by atoms with Gasteiger partial charge in [-0.3, -0.25) is 9.69 Å². The summed E-state index contributed by atoms with van der Waals surface area (Å²) in [5.74, 6) is -4.05. The summed E-state index contributed by atoms with van der Waals surface area (Å²) in [5, 5.41) is 37.6. The van der Waals surface area contributed by atoms with E-state index in [2.05, 4.69) is 25.5 Å². The molecular weight excluding hydrogens is 673 g/mol. The van der Waals surface area contributed by atoms with E-state index in [0.29, 0.717) is 59.1 Å². The molecule has 0 bridgehead atoms. The van der Waals surface area contributed by atoms with Crippen molar-refractivity contribution >= 4 is 63.8 Å². The number of nitrogens with one attached hydrogen (secondary N) is 2. The number of fused-ring (bicyclic) bond motifs is 1. The van der Waals surface area contributed by atoms with Gasteiger partial charge >= 0.3 is 23.9 Å². The second-order valence-electron chi connectivity index (χ2n) is 9.76.